The molecule has 7 rings (SSSR count). The number of nitrogens with one attached hydrogen (secondary N) is 3. The molecule has 6 heteroatoms. The Balaban J connectivity index is 1.23. The Bertz CT molecular complexity index is 1440. The number of rotatable bonds is 5. The van der Waals surface area contributed by atoms with Crippen molar-refractivity contribution >= 4 is 11.4 Å². The predicted molar refractivity (Wildman–Crippen MR) is 169 cm³/mol. The maximum Gasteiger partial charge on any atom is 0.153 e. The number of H-pyrrole nitrogens is 1. The summed E-state index contributed by atoms with van der Waals surface area (Å²) in [5.41, 5.74) is 10.4. The summed E-state index contributed by atoms with van der Waals surface area (Å²) < 4.78 is 0. The zero-order chi connectivity index (χ0) is 27.6. The lowest BCUT2D eigenvalue weighted by Crippen LogP contribution is -2.33. The third-order valence-electron chi connectivity index (χ3n) is 9.34. The van der Waals surface area contributed by atoms with Gasteiger partial charge in [0.25, 0.3) is 0 Å². The first-order chi connectivity index (χ1) is 20.2. The smallest absolute Gasteiger partial charge is 0.153 e. The van der Waals surface area contributed by atoms with Gasteiger partial charge in [0.2, 0.25) is 0 Å². The number of imidazole rings is 1. The number of benzene rings is 2. The minimum Gasteiger partial charge on any atom is -0.345 e. The van der Waals surface area contributed by atoms with Crippen LogP contribution in [0.15, 0.2) is 54.8 Å². The minimum absolute atomic E-state index is 0.346. The van der Waals surface area contributed by atoms with Gasteiger partial charge in [-0.1, -0.05) is 54.8 Å². The van der Waals surface area contributed by atoms with Gasteiger partial charge < -0.3 is 15.6 Å². The van der Waals surface area contributed by atoms with Crippen molar-refractivity contribution in [3.05, 3.63) is 88.5 Å². The van der Waals surface area contributed by atoms with Crippen LogP contribution < -0.4 is 10.6 Å². The van der Waals surface area contributed by atoms with Crippen molar-refractivity contribution < 1.29 is 0 Å². The summed E-state index contributed by atoms with van der Waals surface area (Å²) in [7, 11) is 0. The van der Waals surface area contributed by atoms with Crippen LogP contribution in [0.2, 0.25) is 0 Å². The average Bonchev–Trinajstić information content (AvgIpc) is 3.16. The second-order valence-corrected chi connectivity index (χ2v) is 12.4. The average molecular weight is 549 g/mol. The summed E-state index contributed by atoms with van der Waals surface area (Å²) >= 11 is 0. The highest BCUT2D eigenvalue weighted by Crippen LogP contribution is 2.37. The van der Waals surface area contributed by atoms with Crippen molar-refractivity contribution in [2.75, 3.05) is 38.0 Å². The van der Waals surface area contributed by atoms with Crippen molar-refractivity contribution in [1.82, 2.24) is 25.1 Å². The van der Waals surface area contributed by atoms with Gasteiger partial charge in [-0.3, -0.25) is 9.80 Å². The quantitative estimate of drug-likeness (QED) is 0.329. The maximum absolute atomic E-state index is 5.17. The Hall–Kier alpha value is -3.19. The van der Waals surface area contributed by atoms with E-state index in [9.17, 15) is 0 Å². The van der Waals surface area contributed by atoms with E-state index >= 15 is 0 Å². The first-order valence-electron chi connectivity index (χ1n) is 15.8. The molecule has 2 aromatic carbocycles. The van der Waals surface area contributed by atoms with Crippen molar-refractivity contribution in [3.8, 4) is 11.1 Å². The number of aromatic nitrogens is 2. The van der Waals surface area contributed by atoms with Crippen LogP contribution in [0.4, 0.5) is 5.82 Å². The number of hydrogen-bond donors (Lipinski definition) is 3. The molecule has 1 aromatic heterocycles. The molecule has 0 amide bonds. The van der Waals surface area contributed by atoms with Gasteiger partial charge in [-0.05, 0) is 111 Å². The van der Waals surface area contributed by atoms with Crippen LogP contribution in [0.1, 0.15) is 84.8 Å². The zero-order valence-electron chi connectivity index (χ0n) is 24.5. The SMILES string of the molecule is Cc1cc(CN2CCCCC2)cc(-c2ccc3c(c2)C(c2nc4c([nH]2)C(N2CCCCC2)CC=CN4)=CCNC3)c1. The second-order valence-electron chi connectivity index (χ2n) is 12.4. The van der Waals surface area contributed by atoms with Crippen LogP contribution in [0, 0.1) is 6.92 Å². The molecule has 6 nitrogen and oxygen atoms in total. The topological polar surface area (TPSA) is 59.2 Å². The van der Waals surface area contributed by atoms with Crippen LogP contribution in [0.25, 0.3) is 16.7 Å². The van der Waals surface area contributed by atoms with E-state index in [0.29, 0.717) is 6.04 Å². The monoisotopic (exact) mass is 548 g/mol. The Morgan fingerprint density at radius 3 is 2.59 bits per heavy atom. The fourth-order valence-electron chi connectivity index (χ4n) is 7.25. The van der Waals surface area contributed by atoms with E-state index in [4.69, 9.17) is 4.98 Å². The number of aromatic amines is 1. The van der Waals surface area contributed by atoms with Crippen LogP contribution in [0.5, 0.6) is 0 Å². The van der Waals surface area contributed by atoms with Gasteiger partial charge in [0.15, 0.2) is 5.82 Å². The molecule has 214 valence electrons. The molecule has 4 aliphatic rings. The van der Waals surface area contributed by atoms with Crippen LogP contribution in [0.3, 0.4) is 0 Å². The summed E-state index contributed by atoms with van der Waals surface area (Å²) in [5, 5.41) is 7.08. The molecule has 4 aliphatic heterocycles. The van der Waals surface area contributed by atoms with Gasteiger partial charge in [0.05, 0.1) is 11.7 Å². The molecule has 5 heterocycles. The highest BCUT2D eigenvalue weighted by molar-refractivity contribution is 5.83. The number of likely N-dealkylation sites (tertiary alicyclic amines) is 2. The number of anilines is 1. The molecule has 2 saturated heterocycles. The zero-order valence-corrected chi connectivity index (χ0v) is 24.5. The molecule has 0 bridgehead atoms. The highest BCUT2D eigenvalue weighted by atomic mass is 15.2. The number of piperidine rings is 2. The maximum atomic E-state index is 5.17. The minimum atomic E-state index is 0.346. The van der Waals surface area contributed by atoms with E-state index in [1.54, 1.807) is 0 Å². The van der Waals surface area contributed by atoms with E-state index in [1.165, 1.54) is 109 Å². The standard InChI is InChI=1S/C35H44N6/c1-25-19-26(24-40-15-4-2-5-16-40)21-29(20-25)27-10-11-28-23-36-14-12-30(31(28)22-27)34-38-33-32(41-17-6-3-7-18-41)9-8-13-37-35(33)39-34/h8,10-13,19-22,32,36-37H,2-7,9,14-18,23-24H2,1H3,(H,38,39). The number of fused-ring (bicyclic) bond motifs is 2. The van der Waals surface area contributed by atoms with Crippen molar-refractivity contribution in [1.29, 1.82) is 0 Å². The van der Waals surface area contributed by atoms with Crippen molar-refractivity contribution in [2.45, 2.75) is 71.0 Å². The van der Waals surface area contributed by atoms with Gasteiger partial charge in [-0.25, -0.2) is 4.98 Å². The van der Waals surface area contributed by atoms with E-state index in [1.807, 2.05) is 0 Å². The normalized spacial score (nSPS) is 21.8. The van der Waals surface area contributed by atoms with E-state index in [2.05, 4.69) is 87.1 Å². The lowest BCUT2D eigenvalue weighted by molar-refractivity contribution is 0.162. The Labute approximate surface area is 244 Å². The van der Waals surface area contributed by atoms with Crippen LogP contribution in [-0.2, 0) is 13.1 Å². The van der Waals surface area contributed by atoms with E-state index < -0.39 is 0 Å². The molecule has 0 aliphatic carbocycles. The summed E-state index contributed by atoms with van der Waals surface area (Å²) in [6.07, 6.45) is 15.6. The number of nitrogens with zero attached hydrogens (tertiary/aromatic N) is 3. The van der Waals surface area contributed by atoms with Gasteiger partial charge in [0, 0.05) is 25.2 Å². The molecule has 2 fully saturated rings. The summed E-state index contributed by atoms with van der Waals surface area (Å²) in [5.74, 6) is 1.94. The Morgan fingerprint density at radius 1 is 0.902 bits per heavy atom. The summed E-state index contributed by atoms with van der Waals surface area (Å²) in [4.78, 5) is 14.3. The van der Waals surface area contributed by atoms with E-state index in [-0.39, 0.29) is 0 Å². The van der Waals surface area contributed by atoms with Crippen LogP contribution in [-0.4, -0.2) is 52.5 Å². The van der Waals surface area contributed by atoms with Gasteiger partial charge >= 0.3 is 0 Å². The third kappa shape index (κ3) is 5.78. The van der Waals surface area contributed by atoms with Crippen LogP contribution >= 0.6 is 0 Å². The van der Waals surface area contributed by atoms with Gasteiger partial charge in [-0.2, -0.15) is 0 Å². The summed E-state index contributed by atoms with van der Waals surface area (Å²) in [6.45, 7) is 9.76. The largest absolute Gasteiger partial charge is 0.345 e. The fraction of sp³-hybridized carbons (Fsp3) is 0.457. The van der Waals surface area contributed by atoms with Crippen molar-refractivity contribution in [3.63, 3.8) is 0 Å². The first-order valence-corrected chi connectivity index (χ1v) is 15.8. The molecule has 1 unspecified atom stereocenters. The Morgan fingerprint density at radius 2 is 1.73 bits per heavy atom. The molecule has 41 heavy (non-hydrogen) atoms. The van der Waals surface area contributed by atoms with Crippen molar-refractivity contribution in [2.24, 2.45) is 0 Å². The molecule has 3 N–H and O–H groups in total. The lowest BCUT2D eigenvalue weighted by Gasteiger charge is -2.33. The predicted octanol–water partition coefficient (Wildman–Crippen LogP) is 6.76. The van der Waals surface area contributed by atoms with Gasteiger partial charge in [-0.15, -0.1) is 0 Å². The molecular formula is C35H44N6. The second kappa shape index (κ2) is 12.0. The molecule has 0 radical (unpaired) electrons. The van der Waals surface area contributed by atoms with E-state index in [0.717, 1.165) is 37.7 Å². The molecule has 3 aromatic rings. The molecule has 1 atom stereocenters. The Kier molecular flexibility index (Phi) is 7.79. The molecule has 0 saturated carbocycles. The number of hydrogen-bond acceptors (Lipinski definition) is 5. The lowest BCUT2D eigenvalue weighted by atomic mass is 9.93. The molecular weight excluding hydrogens is 504 g/mol. The van der Waals surface area contributed by atoms with Gasteiger partial charge in [0.1, 0.15) is 5.82 Å². The number of aryl methyl sites for hydroxylation is 1. The summed E-state index contributed by atoms with van der Waals surface area (Å²) in [6, 6.07) is 14.5. The fourth-order valence-corrected chi connectivity index (χ4v) is 7.25. The third-order valence-corrected chi connectivity index (χ3v) is 9.34. The first kappa shape index (κ1) is 26.7. The molecule has 0 spiro atoms. The highest BCUT2D eigenvalue weighted by Gasteiger charge is 2.29.